The van der Waals surface area contributed by atoms with Gasteiger partial charge in [0.1, 0.15) is 5.82 Å². The SMILES string of the molecule is Fc1cc(N2CCOCC2)cc(-n2ccnc2)c1. The summed E-state index contributed by atoms with van der Waals surface area (Å²) in [5, 5.41) is 0. The van der Waals surface area contributed by atoms with E-state index in [2.05, 4.69) is 9.88 Å². The summed E-state index contributed by atoms with van der Waals surface area (Å²) in [6, 6.07) is 5.04. The first-order chi connectivity index (χ1) is 8.83. The van der Waals surface area contributed by atoms with Crippen LogP contribution in [0.25, 0.3) is 5.69 Å². The van der Waals surface area contributed by atoms with Crippen LogP contribution in [0.1, 0.15) is 0 Å². The third-order valence-electron chi connectivity index (χ3n) is 3.05. The van der Waals surface area contributed by atoms with E-state index in [0.29, 0.717) is 13.2 Å². The van der Waals surface area contributed by atoms with Gasteiger partial charge in [-0.05, 0) is 18.2 Å². The highest BCUT2D eigenvalue weighted by Gasteiger charge is 2.13. The average molecular weight is 247 g/mol. The van der Waals surface area contributed by atoms with E-state index >= 15 is 0 Å². The zero-order valence-corrected chi connectivity index (χ0v) is 9.92. The van der Waals surface area contributed by atoms with E-state index in [1.807, 2.05) is 6.07 Å². The van der Waals surface area contributed by atoms with Gasteiger partial charge in [0.15, 0.2) is 0 Å². The lowest BCUT2D eigenvalue weighted by Gasteiger charge is -2.29. The fraction of sp³-hybridized carbons (Fsp3) is 0.308. The van der Waals surface area contributed by atoms with Crippen molar-refractivity contribution in [2.75, 3.05) is 31.2 Å². The number of morpholine rings is 1. The molecule has 0 saturated carbocycles. The number of imidazole rings is 1. The van der Waals surface area contributed by atoms with Crippen molar-refractivity contribution >= 4 is 5.69 Å². The minimum atomic E-state index is -0.234. The molecule has 4 nitrogen and oxygen atoms in total. The minimum absolute atomic E-state index is 0.234. The number of aromatic nitrogens is 2. The molecule has 1 aliphatic rings. The van der Waals surface area contributed by atoms with Crippen molar-refractivity contribution in [3.63, 3.8) is 0 Å². The van der Waals surface area contributed by atoms with Gasteiger partial charge in [0, 0.05) is 31.2 Å². The Balaban J connectivity index is 1.95. The lowest BCUT2D eigenvalue weighted by atomic mass is 10.2. The molecule has 1 aromatic heterocycles. The van der Waals surface area contributed by atoms with Crippen LogP contribution in [0.4, 0.5) is 10.1 Å². The molecule has 1 saturated heterocycles. The Hall–Kier alpha value is -1.88. The Kier molecular flexibility index (Phi) is 2.98. The number of anilines is 1. The fourth-order valence-corrected chi connectivity index (χ4v) is 2.12. The summed E-state index contributed by atoms with van der Waals surface area (Å²) in [6.45, 7) is 2.98. The summed E-state index contributed by atoms with van der Waals surface area (Å²) >= 11 is 0. The first-order valence-electron chi connectivity index (χ1n) is 5.94. The van der Waals surface area contributed by atoms with Crippen LogP contribution in [0.5, 0.6) is 0 Å². The van der Waals surface area contributed by atoms with Gasteiger partial charge in [-0.2, -0.15) is 0 Å². The molecule has 18 heavy (non-hydrogen) atoms. The van der Waals surface area contributed by atoms with Gasteiger partial charge in [0.2, 0.25) is 0 Å². The highest BCUT2D eigenvalue weighted by atomic mass is 19.1. The predicted molar refractivity (Wildman–Crippen MR) is 66.6 cm³/mol. The van der Waals surface area contributed by atoms with E-state index in [-0.39, 0.29) is 5.82 Å². The molecule has 2 aromatic rings. The van der Waals surface area contributed by atoms with E-state index in [4.69, 9.17) is 4.74 Å². The summed E-state index contributed by atoms with van der Waals surface area (Å²) in [4.78, 5) is 6.11. The summed E-state index contributed by atoms with van der Waals surface area (Å²) in [5.41, 5.74) is 1.68. The second kappa shape index (κ2) is 4.78. The molecule has 0 spiro atoms. The summed E-state index contributed by atoms with van der Waals surface area (Å²) < 4.78 is 20.8. The monoisotopic (exact) mass is 247 g/mol. The molecule has 0 bridgehead atoms. The number of rotatable bonds is 2. The predicted octanol–water partition coefficient (Wildman–Crippen LogP) is 1.85. The van der Waals surface area contributed by atoms with Crippen molar-refractivity contribution in [2.45, 2.75) is 0 Å². The number of ether oxygens (including phenoxy) is 1. The first-order valence-corrected chi connectivity index (χ1v) is 5.94. The molecule has 0 unspecified atom stereocenters. The number of hydrogen-bond acceptors (Lipinski definition) is 3. The van der Waals surface area contributed by atoms with Gasteiger partial charge in [0.05, 0.1) is 25.2 Å². The van der Waals surface area contributed by atoms with Crippen molar-refractivity contribution in [2.24, 2.45) is 0 Å². The van der Waals surface area contributed by atoms with E-state index in [0.717, 1.165) is 24.5 Å². The molecule has 0 amide bonds. The van der Waals surface area contributed by atoms with Gasteiger partial charge in [-0.3, -0.25) is 0 Å². The van der Waals surface area contributed by atoms with Gasteiger partial charge in [-0.1, -0.05) is 0 Å². The van der Waals surface area contributed by atoms with Crippen LogP contribution < -0.4 is 4.90 Å². The maximum Gasteiger partial charge on any atom is 0.127 e. The Morgan fingerprint density at radius 2 is 1.89 bits per heavy atom. The number of benzene rings is 1. The van der Waals surface area contributed by atoms with Crippen LogP contribution in [0, 0.1) is 5.82 Å². The molecule has 0 N–H and O–H groups in total. The highest BCUT2D eigenvalue weighted by Crippen LogP contribution is 2.21. The molecule has 94 valence electrons. The normalized spacial score (nSPS) is 15.9. The van der Waals surface area contributed by atoms with Crippen LogP contribution in [-0.2, 0) is 4.74 Å². The Morgan fingerprint density at radius 3 is 2.61 bits per heavy atom. The quantitative estimate of drug-likeness (QED) is 0.811. The second-order valence-electron chi connectivity index (χ2n) is 4.24. The Morgan fingerprint density at radius 1 is 1.11 bits per heavy atom. The van der Waals surface area contributed by atoms with E-state index in [9.17, 15) is 4.39 Å². The molecule has 0 atom stereocenters. The molecule has 5 heteroatoms. The zero-order valence-electron chi connectivity index (χ0n) is 9.92. The van der Waals surface area contributed by atoms with Crippen LogP contribution >= 0.6 is 0 Å². The first kappa shape index (κ1) is 11.2. The van der Waals surface area contributed by atoms with Gasteiger partial charge >= 0.3 is 0 Å². The topological polar surface area (TPSA) is 30.3 Å². The Bertz CT molecular complexity index is 521. The van der Waals surface area contributed by atoms with E-state index in [1.54, 1.807) is 29.4 Å². The maximum absolute atomic E-state index is 13.7. The zero-order chi connectivity index (χ0) is 12.4. The molecule has 0 aliphatic carbocycles. The van der Waals surface area contributed by atoms with Crippen LogP contribution in [0.15, 0.2) is 36.9 Å². The van der Waals surface area contributed by atoms with Crippen molar-refractivity contribution in [1.29, 1.82) is 0 Å². The summed E-state index contributed by atoms with van der Waals surface area (Å²) in [5.74, 6) is -0.234. The fourth-order valence-electron chi connectivity index (χ4n) is 2.12. The third kappa shape index (κ3) is 2.22. The maximum atomic E-state index is 13.7. The van der Waals surface area contributed by atoms with Crippen molar-refractivity contribution in [3.8, 4) is 5.69 Å². The lowest BCUT2D eigenvalue weighted by Crippen LogP contribution is -2.36. The summed E-state index contributed by atoms with van der Waals surface area (Å²) in [6.07, 6.45) is 5.15. The number of halogens is 1. The van der Waals surface area contributed by atoms with Crippen molar-refractivity contribution < 1.29 is 9.13 Å². The van der Waals surface area contributed by atoms with Crippen molar-refractivity contribution in [1.82, 2.24) is 9.55 Å². The van der Waals surface area contributed by atoms with E-state index < -0.39 is 0 Å². The van der Waals surface area contributed by atoms with Crippen LogP contribution in [-0.4, -0.2) is 35.9 Å². The van der Waals surface area contributed by atoms with Gasteiger partial charge in [-0.15, -0.1) is 0 Å². The molecular weight excluding hydrogens is 233 g/mol. The standard InChI is InChI=1S/C13H14FN3O/c14-11-7-12(16-3-5-18-6-4-16)9-13(8-11)17-2-1-15-10-17/h1-2,7-10H,3-6H2. The molecule has 0 radical (unpaired) electrons. The lowest BCUT2D eigenvalue weighted by molar-refractivity contribution is 0.122. The van der Waals surface area contributed by atoms with Crippen LogP contribution in [0.3, 0.4) is 0 Å². The number of nitrogens with zero attached hydrogens (tertiary/aromatic N) is 3. The van der Waals surface area contributed by atoms with E-state index in [1.165, 1.54) is 6.07 Å². The van der Waals surface area contributed by atoms with Crippen LogP contribution in [0.2, 0.25) is 0 Å². The molecule has 1 fully saturated rings. The largest absolute Gasteiger partial charge is 0.378 e. The molecular formula is C13H14FN3O. The van der Waals surface area contributed by atoms with Gasteiger partial charge in [0.25, 0.3) is 0 Å². The second-order valence-corrected chi connectivity index (χ2v) is 4.24. The Labute approximate surface area is 105 Å². The minimum Gasteiger partial charge on any atom is -0.378 e. The smallest absolute Gasteiger partial charge is 0.127 e. The molecule has 1 aromatic carbocycles. The molecule has 1 aliphatic heterocycles. The summed E-state index contributed by atoms with van der Waals surface area (Å²) in [7, 11) is 0. The number of hydrogen-bond donors (Lipinski definition) is 0. The third-order valence-corrected chi connectivity index (χ3v) is 3.05. The van der Waals surface area contributed by atoms with Gasteiger partial charge < -0.3 is 14.2 Å². The average Bonchev–Trinajstić information content (AvgIpc) is 2.93. The molecule has 2 heterocycles. The van der Waals surface area contributed by atoms with Gasteiger partial charge in [-0.25, -0.2) is 9.37 Å². The molecule has 3 rings (SSSR count). The van der Waals surface area contributed by atoms with Crippen molar-refractivity contribution in [3.05, 3.63) is 42.7 Å². The highest BCUT2D eigenvalue weighted by molar-refractivity contribution is 5.54.